The normalized spacial score (nSPS) is 21.4. The number of rotatable bonds is 2. The van der Waals surface area contributed by atoms with Crippen molar-refractivity contribution in [3.05, 3.63) is 30.4 Å². The minimum atomic E-state index is 0.292. The highest BCUT2D eigenvalue weighted by atomic mass is 16.3. The van der Waals surface area contributed by atoms with Gasteiger partial charge in [0.15, 0.2) is 0 Å². The maximum absolute atomic E-state index is 9.52. The van der Waals surface area contributed by atoms with Crippen molar-refractivity contribution < 1.29 is 5.11 Å². The minimum absolute atomic E-state index is 0.292. The van der Waals surface area contributed by atoms with Gasteiger partial charge in [-0.25, -0.2) is 4.98 Å². The van der Waals surface area contributed by atoms with Gasteiger partial charge in [0.1, 0.15) is 11.6 Å². The van der Waals surface area contributed by atoms with E-state index < -0.39 is 0 Å². The molecule has 2 aromatic rings. The van der Waals surface area contributed by atoms with Gasteiger partial charge in [0.25, 0.3) is 0 Å². The van der Waals surface area contributed by atoms with E-state index in [1.54, 1.807) is 12.3 Å². The Bertz CT molecular complexity index is 534. The van der Waals surface area contributed by atoms with Crippen LogP contribution in [0.3, 0.4) is 0 Å². The highest BCUT2D eigenvalue weighted by Gasteiger charge is 2.21. The average molecular weight is 231 g/mol. The van der Waals surface area contributed by atoms with Crippen molar-refractivity contribution in [1.82, 2.24) is 14.3 Å². The summed E-state index contributed by atoms with van der Waals surface area (Å²) >= 11 is 0. The molecular formula is C13H17N3O. The maximum atomic E-state index is 9.52. The number of nitrogens with zero attached hydrogens (tertiary/aromatic N) is 3. The summed E-state index contributed by atoms with van der Waals surface area (Å²) in [6.45, 7) is 2.33. The van der Waals surface area contributed by atoms with Crippen molar-refractivity contribution >= 4 is 5.52 Å². The lowest BCUT2D eigenvalue weighted by Crippen LogP contribution is -2.15. The Morgan fingerprint density at radius 3 is 3.12 bits per heavy atom. The Labute approximate surface area is 101 Å². The van der Waals surface area contributed by atoms with Crippen LogP contribution in [-0.4, -0.2) is 39.5 Å². The molecule has 90 valence electrons. The van der Waals surface area contributed by atoms with Gasteiger partial charge in [-0.1, -0.05) is 0 Å². The molecule has 0 aromatic carbocycles. The van der Waals surface area contributed by atoms with Crippen LogP contribution in [0.2, 0.25) is 0 Å². The molecule has 0 saturated carbocycles. The standard InChI is InChI=1S/C13H17N3O/c1-15-5-4-10(8-15)6-13-14-7-11-2-3-12(17)9-16(11)13/h2-3,7,9-10,17H,4-6,8H2,1H3. The summed E-state index contributed by atoms with van der Waals surface area (Å²) in [6, 6.07) is 3.59. The second kappa shape index (κ2) is 4.04. The van der Waals surface area contributed by atoms with Gasteiger partial charge in [-0.3, -0.25) is 0 Å². The minimum Gasteiger partial charge on any atom is -0.506 e. The van der Waals surface area contributed by atoms with Gasteiger partial charge in [-0.15, -0.1) is 0 Å². The number of hydrogen-bond acceptors (Lipinski definition) is 3. The fourth-order valence-corrected chi connectivity index (χ4v) is 2.63. The van der Waals surface area contributed by atoms with Gasteiger partial charge in [0.2, 0.25) is 0 Å². The molecule has 1 aliphatic heterocycles. The Hall–Kier alpha value is -1.55. The van der Waals surface area contributed by atoms with Crippen LogP contribution in [0.15, 0.2) is 24.5 Å². The van der Waals surface area contributed by atoms with Crippen molar-refractivity contribution in [3.8, 4) is 5.75 Å². The number of pyridine rings is 1. The van der Waals surface area contributed by atoms with Gasteiger partial charge in [-0.2, -0.15) is 0 Å². The van der Waals surface area contributed by atoms with E-state index >= 15 is 0 Å². The molecule has 1 aliphatic rings. The molecule has 1 N–H and O–H groups in total. The van der Waals surface area contributed by atoms with Gasteiger partial charge >= 0.3 is 0 Å². The summed E-state index contributed by atoms with van der Waals surface area (Å²) in [5.74, 6) is 2.03. The third-order valence-electron chi connectivity index (χ3n) is 3.55. The van der Waals surface area contributed by atoms with Crippen molar-refractivity contribution in [2.24, 2.45) is 5.92 Å². The lowest BCUT2D eigenvalue weighted by molar-refractivity contribution is 0.392. The smallest absolute Gasteiger partial charge is 0.132 e. The van der Waals surface area contributed by atoms with E-state index in [1.807, 2.05) is 16.7 Å². The predicted octanol–water partition coefficient (Wildman–Crippen LogP) is 1.53. The van der Waals surface area contributed by atoms with E-state index in [0.717, 1.165) is 24.3 Å². The summed E-state index contributed by atoms with van der Waals surface area (Å²) in [5, 5.41) is 9.52. The molecule has 0 radical (unpaired) electrons. The first-order chi connectivity index (χ1) is 8.22. The zero-order valence-corrected chi connectivity index (χ0v) is 10.0. The molecule has 4 nitrogen and oxygen atoms in total. The highest BCUT2D eigenvalue weighted by Crippen LogP contribution is 2.21. The summed E-state index contributed by atoms with van der Waals surface area (Å²) < 4.78 is 1.99. The SMILES string of the molecule is CN1CCC(Cc2ncc3ccc(O)cn23)C1. The van der Waals surface area contributed by atoms with Gasteiger partial charge in [-0.05, 0) is 38.1 Å². The number of imidazole rings is 1. The lowest BCUT2D eigenvalue weighted by Gasteiger charge is -2.09. The van der Waals surface area contributed by atoms with Crippen LogP contribution in [0.5, 0.6) is 5.75 Å². The quantitative estimate of drug-likeness (QED) is 0.852. The van der Waals surface area contributed by atoms with Crippen LogP contribution >= 0.6 is 0 Å². The van der Waals surface area contributed by atoms with Crippen molar-refractivity contribution in [2.45, 2.75) is 12.8 Å². The topological polar surface area (TPSA) is 40.8 Å². The first kappa shape index (κ1) is 10.6. The van der Waals surface area contributed by atoms with E-state index in [9.17, 15) is 5.11 Å². The molecule has 17 heavy (non-hydrogen) atoms. The Morgan fingerprint density at radius 2 is 2.35 bits per heavy atom. The monoisotopic (exact) mass is 231 g/mol. The number of aromatic nitrogens is 2. The fourth-order valence-electron chi connectivity index (χ4n) is 2.63. The van der Waals surface area contributed by atoms with Gasteiger partial charge < -0.3 is 14.4 Å². The molecule has 1 fully saturated rings. The maximum Gasteiger partial charge on any atom is 0.132 e. The molecule has 2 aromatic heterocycles. The Morgan fingerprint density at radius 1 is 1.47 bits per heavy atom. The van der Waals surface area contributed by atoms with Crippen LogP contribution < -0.4 is 0 Å². The molecule has 0 spiro atoms. The third kappa shape index (κ3) is 2.00. The second-order valence-electron chi connectivity index (χ2n) is 4.98. The van der Waals surface area contributed by atoms with Crippen LogP contribution in [-0.2, 0) is 6.42 Å². The third-order valence-corrected chi connectivity index (χ3v) is 3.55. The Kier molecular flexibility index (Phi) is 2.52. The molecule has 4 heteroatoms. The van der Waals surface area contributed by atoms with Crippen molar-refractivity contribution in [2.75, 3.05) is 20.1 Å². The molecule has 1 saturated heterocycles. The molecule has 0 bridgehead atoms. The number of hydrogen-bond donors (Lipinski definition) is 1. The largest absolute Gasteiger partial charge is 0.506 e. The van der Waals surface area contributed by atoms with Crippen LogP contribution in [0, 0.1) is 5.92 Å². The molecular weight excluding hydrogens is 214 g/mol. The number of aromatic hydroxyl groups is 1. The summed E-state index contributed by atoms with van der Waals surface area (Å²) in [6.07, 6.45) is 5.84. The first-order valence-corrected chi connectivity index (χ1v) is 6.06. The zero-order chi connectivity index (χ0) is 11.8. The molecule has 0 aliphatic carbocycles. The van der Waals surface area contributed by atoms with Gasteiger partial charge in [0.05, 0.1) is 17.9 Å². The predicted molar refractivity (Wildman–Crippen MR) is 66.2 cm³/mol. The molecule has 3 heterocycles. The number of likely N-dealkylation sites (tertiary alicyclic amines) is 1. The molecule has 0 amide bonds. The summed E-state index contributed by atoms with van der Waals surface area (Å²) in [4.78, 5) is 6.82. The van der Waals surface area contributed by atoms with E-state index in [4.69, 9.17) is 0 Å². The van der Waals surface area contributed by atoms with Crippen molar-refractivity contribution in [3.63, 3.8) is 0 Å². The molecule has 1 unspecified atom stereocenters. The van der Waals surface area contributed by atoms with E-state index in [-0.39, 0.29) is 0 Å². The Balaban J connectivity index is 1.87. The highest BCUT2D eigenvalue weighted by molar-refractivity contribution is 5.48. The summed E-state index contributed by atoms with van der Waals surface area (Å²) in [7, 11) is 2.16. The zero-order valence-electron chi connectivity index (χ0n) is 10.0. The van der Waals surface area contributed by atoms with Crippen molar-refractivity contribution in [1.29, 1.82) is 0 Å². The van der Waals surface area contributed by atoms with E-state index in [1.165, 1.54) is 13.0 Å². The molecule has 3 rings (SSSR count). The van der Waals surface area contributed by atoms with E-state index in [2.05, 4.69) is 16.9 Å². The van der Waals surface area contributed by atoms with Crippen LogP contribution in [0.4, 0.5) is 0 Å². The van der Waals surface area contributed by atoms with Crippen LogP contribution in [0.25, 0.3) is 5.52 Å². The fraction of sp³-hybridized carbons (Fsp3) is 0.462. The first-order valence-electron chi connectivity index (χ1n) is 6.06. The van der Waals surface area contributed by atoms with E-state index in [0.29, 0.717) is 11.7 Å². The molecule has 1 atom stereocenters. The number of fused-ring (bicyclic) bond motifs is 1. The lowest BCUT2D eigenvalue weighted by atomic mass is 10.0. The second-order valence-corrected chi connectivity index (χ2v) is 4.98. The van der Waals surface area contributed by atoms with Gasteiger partial charge in [0, 0.05) is 13.0 Å². The average Bonchev–Trinajstić information content (AvgIpc) is 2.87. The summed E-state index contributed by atoms with van der Waals surface area (Å²) in [5.41, 5.74) is 1.05. The van der Waals surface area contributed by atoms with Crippen LogP contribution in [0.1, 0.15) is 12.2 Å².